The third kappa shape index (κ3) is 3.34. The highest BCUT2D eigenvalue weighted by molar-refractivity contribution is 7.16. The zero-order chi connectivity index (χ0) is 13.1. The number of amides is 1. The SMILES string of the molecule is Cc1cc(NC(=O)Cc2ccc(Cl)cc2)sc1C. The van der Waals surface area contributed by atoms with Crippen LogP contribution in [0.4, 0.5) is 5.00 Å². The average Bonchev–Trinajstić information content (AvgIpc) is 2.61. The Kier molecular flexibility index (Phi) is 4.04. The number of nitrogens with one attached hydrogen (secondary N) is 1. The van der Waals surface area contributed by atoms with E-state index in [0.29, 0.717) is 11.4 Å². The van der Waals surface area contributed by atoms with Crippen molar-refractivity contribution in [1.29, 1.82) is 0 Å². The van der Waals surface area contributed by atoms with E-state index >= 15 is 0 Å². The van der Waals surface area contributed by atoms with E-state index in [1.807, 2.05) is 25.1 Å². The van der Waals surface area contributed by atoms with Crippen molar-refractivity contribution in [3.8, 4) is 0 Å². The highest BCUT2D eigenvalue weighted by atomic mass is 35.5. The van der Waals surface area contributed by atoms with E-state index in [-0.39, 0.29) is 5.91 Å². The smallest absolute Gasteiger partial charge is 0.229 e. The molecule has 1 amide bonds. The molecule has 0 saturated heterocycles. The van der Waals surface area contributed by atoms with Crippen LogP contribution < -0.4 is 5.32 Å². The number of halogens is 1. The second-order valence-electron chi connectivity index (χ2n) is 4.20. The van der Waals surface area contributed by atoms with Crippen LogP contribution >= 0.6 is 22.9 Å². The molecule has 2 rings (SSSR count). The first-order valence-electron chi connectivity index (χ1n) is 5.66. The Balaban J connectivity index is 1.98. The van der Waals surface area contributed by atoms with Gasteiger partial charge in [-0.1, -0.05) is 23.7 Å². The molecule has 0 aliphatic heterocycles. The number of carbonyl (C=O) groups excluding carboxylic acids is 1. The van der Waals surface area contributed by atoms with Crippen LogP contribution in [0.25, 0.3) is 0 Å². The van der Waals surface area contributed by atoms with E-state index in [0.717, 1.165) is 10.6 Å². The molecule has 94 valence electrons. The summed E-state index contributed by atoms with van der Waals surface area (Å²) < 4.78 is 0. The number of rotatable bonds is 3. The van der Waals surface area contributed by atoms with Gasteiger partial charge in [-0.2, -0.15) is 0 Å². The van der Waals surface area contributed by atoms with Crippen LogP contribution in [0.3, 0.4) is 0 Å². The maximum absolute atomic E-state index is 11.8. The van der Waals surface area contributed by atoms with Gasteiger partial charge in [0.1, 0.15) is 0 Å². The van der Waals surface area contributed by atoms with Gasteiger partial charge in [-0.15, -0.1) is 11.3 Å². The lowest BCUT2D eigenvalue weighted by Crippen LogP contribution is -2.13. The molecule has 0 bridgehead atoms. The number of benzene rings is 1. The summed E-state index contributed by atoms with van der Waals surface area (Å²) in [4.78, 5) is 13.1. The molecule has 0 aliphatic rings. The quantitative estimate of drug-likeness (QED) is 0.896. The Bertz CT molecular complexity index is 540. The van der Waals surface area contributed by atoms with Crippen molar-refractivity contribution in [1.82, 2.24) is 0 Å². The summed E-state index contributed by atoms with van der Waals surface area (Å²) in [5, 5.41) is 4.50. The zero-order valence-electron chi connectivity index (χ0n) is 10.3. The highest BCUT2D eigenvalue weighted by Crippen LogP contribution is 2.25. The minimum Gasteiger partial charge on any atom is -0.317 e. The summed E-state index contributed by atoms with van der Waals surface area (Å²) >= 11 is 7.40. The lowest BCUT2D eigenvalue weighted by Gasteiger charge is -2.02. The van der Waals surface area contributed by atoms with Gasteiger partial charge in [-0.05, 0) is 43.2 Å². The minimum absolute atomic E-state index is 0.00132. The molecule has 0 aliphatic carbocycles. The molecule has 1 aromatic heterocycles. The third-order valence-electron chi connectivity index (χ3n) is 2.71. The van der Waals surface area contributed by atoms with Crippen molar-refractivity contribution in [2.45, 2.75) is 20.3 Å². The predicted molar refractivity (Wildman–Crippen MR) is 77.6 cm³/mol. The van der Waals surface area contributed by atoms with Crippen LogP contribution in [0.15, 0.2) is 30.3 Å². The predicted octanol–water partition coefficient (Wildman–Crippen LogP) is 4.20. The summed E-state index contributed by atoms with van der Waals surface area (Å²) in [6.45, 7) is 4.09. The molecule has 4 heteroatoms. The standard InChI is InChI=1S/C14H14ClNOS/c1-9-7-14(18-10(9)2)16-13(17)8-11-3-5-12(15)6-4-11/h3-7H,8H2,1-2H3,(H,16,17). The molecule has 1 aromatic carbocycles. The zero-order valence-corrected chi connectivity index (χ0v) is 11.9. The molecule has 0 radical (unpaired) electrons. The molecule has 18 heavy (non-hydrogen) atoms. The van der Waals surface area contributed by atoms with E-state index in [2.05, 4.69) is 12.2 Å². The first kappa shape index (κ1) is 13.1. The van der Waals surface area contributed by atoms with Crippen LogP contribution in [0, 0.1) is 13.8 Å². The lowest BCUT2D eigenvalue weighted by atomic mass is 10.1. The van der Waals surface area contributed by atoms with E-state index in [1.54, 1.807) is 23.5 Å². The van der Waals surface area contributed by atoms with Crippen molar-refractivity contribution in [3.63, 3.8) is 0 Å². The van der Waals surface area contributed by atoms with Crippen molar-refractivity contribution in [2.24, 2.45) is 0 Å². The minimum atomic E-state index is -0.00132. The van der Waals surface area contributed by atoms with Crippen LogP contribution in [0.5, 0.6) is 0 Å². The van der Waals surface area contributed by atoms with E-state index in [4.69, 9.17) is 11.6 Å². The van der Waals surface area contributed by atoms with Gasteiger partial charge in [-0.3, -0.25) is 4.79 Å². The maximum atomic E-state index is 11.8. The van der Waals surface area contributed by atoms with E-state index < -0.39 is 0 Å². The number of hydrogen-bond acceptors (Lipinski definition) is 2. The molecule has 0 unspecified atom stereocenters. The summed E-state index contributed by atoms with van der Waals surface area (Å²) in [7, 11) is 0. The normalized spacial score (nSPS) is 10.4. The summed E-state index contributed by atoms with van der Waals surface area (Å²) in [6.07, 6.45) is 0.368. The Morgan fingerprint density at radius 3 is 2.50 bits per heavy atom. The van der Waals surface area contributed by atoms with Gasteiger partial charge in [0.2, 0.25) is 5.91 Å². The largest absolute Gasteiger partial charge is 0.317 e. The van der Waals surface area contributed by atoms with Gasteiger partial charge in [0.05, 0.1) is 11.4 Å². The Morgan fingerprint density at radius 1 is 1.28 bits per heavy atom. The molecular weight excluding hydrogens is 266 g/mol. The Morgan fingerprint density at radius 2 is 1.94 bits per heavy atom. The Hall–Kier alpha value is -1.32. The molecule has 1 N–H and O–H groups in total. The second kappa shape index (κ2) is 5.55. The van der Waals surface area contributed by atoms with Gasteiger partial charge in [0.25, 0.3) is 0 Å². The second-order valence-corrected chi connectivity index (χ2v) is 5.89. The third-order valence-corrected chi connectivity index (χ3v) is 4.03. The highest BCUT2D eigenvalue weighted by Gasteiger charge is 2.07. The fourth-order valence-electron chi connectivity index (χ4n) is 1.60. The first-order valence-corrected chi connectivity index (χ1v) is 6.85. The van der Waals surface area contributed by atoms with Gasteiger partial charge in [0.15, 0.2) is 0 Å². The maximum Gasteiger partial charge on any atom is 0.229 e. The molecule has 0 saturated carbocycles. The molecule has 0 fully saturated rings. The molecule has 0 atom stereocenters. The molecule has 2 aromatic rings. The fraction of sp³-hybridized carbons (Fsp3) is 0.214. The molecule has 2 nitrogen and oxygen atoms in total. The monoisotopic (exact) mass is 279 g/mol. The summed E-state index contributed by atoms with van der Waals surface area (Å²) in [5.41, 5.74) is 2.17. The lowest BCUT2D eigenvalue weighted by molar-refractivity contribution is -0.115. The van der Waals surface area contributed by atoms with Crippen molar-refractivity contribution < 1.29 is 4.79 Å². The van der Waals surface area contributed by atoms with Crippen LogP contribution in [0.2, 0.25) is 5.02 Å². The van der Waals surface area contributed by atoms with Crippen molar-refractivity contribution in [3.05, 3.63) is 51.4 Å². The number of carbonyl (C=O) groups is 1. The number of aryl methyl sites for hydroxylation is 2. The first-order chi connectivity index (χ1) is 8.54. The van der Waals surface area contributed by atoms with Gasteiger partial charge < -0.3 is 5.32 Å². The number of anilines is 1. The van der Waals surface area contributed by atoms with Crippen LogP contribution in [-0.4, -0.2) is 5.91 Å². The van der Waals surface area contributed by atoms with Gasteiger partial charge in [0, 0.05) is 9.90 Å². The molecular formula is C14H14ClNOS. The summed E-state index contributed by atoms with van der Waals surface area (Å²) in [5.74, 6) is -0.00132. The fourth-order valence-corrected chi connectivity index (χ4v) is 2.68. The van der Waals surface area contributed by atoms with E-state index in [9.17, 15) is 4.79 Å². The van der Waals surface area contributed by atoms with Gasteiger partial charge in [-0.25, -0.2) is 0 Å². The molecule has 0 spiro atoms. The number of thiophene rings is 1. The molecule has 1 heterocycles. The topological polar surface area (TPSA) is 29.1 Å². The van der Waals surface area contributed by atoms with Crippen LogP contribution in [0.1, 0.15) is 16.0 Å². The van der Waals surface area contributed by atoms with Crippen molar-refractivity contribution in [2.75, 3.05) is 5.32 Å². The van der Waals surface area contributed by atoms with Gasteiger partial charge >= 0.3 is 0 Å². The Labute approximate surface area is 116 Å². The van der Waals surface area contributed by atoms with Crippen molar-refractivity contribution >= 4 is 33.8 Å². The van der Waals surface area contributed by atoms with E-state index in [1.165, 1.54) is 10.4 Å². The van der Waals surface area contributed by atoms with Crippen LogP contribution in [-0.2, 0) is 11.2 Å². The average molecular weight is 280 g/mol. The summed E-state index contributed by atoms with van der Waals surface area (Å²) in [6, 6.07) is 9.33. The number of hydrogen-bond donors (Lipinski definition) is 1.